The van der Waals surface area contributed by atoms with Gasteiger partial charge in [0.25, 0.3) is 5.56 Å². The molecular formula is C21H25N9O. The van der Waals surface area contributed by atoms with Crippen molar-refractivity contribution in [2.24, 2.45) is 0 Å². The molecule has 0 radical (unpaired) electrons. The van der Waals surface area contributed by atoms with Gasteiger partial charge in [0.15, 0.2) is 5.82 Å². The standard InChI is InChI=1S/C21H25N9O/c1-15-13-16(2)30(25-15)18-3-4-19(31)29(26-18)12-9-27-7-10-28(11-8-27)21-17-5-6-22-20(17)23-14-24-21/h3-6,13-14H,7-12H2,1-2H3,(H,22,23,24). The number of piperazine rings is 1. The Morgan fingerprint density at radius 1 is 1.00 bits per heavy atom. The van der Waals surface area contributed by atoms with Gasteiger partial charge in [0.1, 0.15) is 17.8 Å². The van der Waals surface area contributed by atoms with Gasteiger partial charge >= 0.3 is 0 Å². The molecule has 4 aromatic heterocycles. The first-order chi connectivity index (χ1) is 15.1. The first-order valence-corrected chi connectivity index (χ1v) is 10.5. The Kier molecular flexibility index (Phi) is 4.99. The van der Waals surface area contributed by atoms with E-state index in [0.717, 1.165) is 61.0 Å². The summed E-state index contributed by atoms with van der Waals surface area (Å²) in [4.78, 5) is 28.9. The fraction of sp³-hybridized carbons (Fsp3) is 0.381. The molecule has 1 N–H and O–H groups in total. The van der Waals surface area contributed by atoms with Gasteiger partial charge in [0, 0.05) is 50.7 Å². The van der Waals surface area contributed by atoms with Crippen LogP contribution < -0.4 is 10.5 Å². The molecule has 0 atom stereocenters. The molecule has 1 fully saturated rings. The maximum absolute atomic E-state index is 12.3. The van der Waals surface area contributed by atoms with Crippen LogP contribution in [0.3, 0.4) is 0 Å². The van der Waals surface area contributed by atoms with Gasteiger partial charge in [-0.3, -0.25) is 9.69 Å². The number of rotatable bonds is 5. The number of hydrogen-bond donors (Lipinski definition) is 1. The van der Waals surface area contributed by atoms with E-state index in [4.69, 9.17) is 0 Å². The molecule has 10 heteroatoms. The average molecular weight is 419 g/mol. The summed E-state index contributed by atoms with van der Waals surface area (Å²) < 4.78 is 3.30. The molecule has 10 nitrogen and oxygen atoms in total. The van der Waals surface area contributed by atoms with Gasteiger partial charge in [-0.05, 0) is 32.0 Å². The van der Waals surface area contributed by atoms with Crippen molar-refractivity contribution in [1.29, 1.82) is 0 Å². The lowest BCUT2D eigenvalue weighted by Gasteiger charge is -2.35. The smallest absolute Gasteiger partial charge is 0.266 e. The quantitative estimate of drug-likeness (QED) is 0.518. The molecule has 4 aromatic rings. The highest BCUT2D eigenvalue weighted by molar-refractivity contribution is 5.87. The maximum atomic E-state index is 12.3. The Morgan fingerprint density at radius 2 is 1.84 bits per heavy atom. The van der Waals surface area contributed by atoms with E-state index >= 15 is 0 Å². The molecule has 0 bridgehead atoms. The Bertz CT molecular complexity index is 1260. The van der Waals surface area contributed by atoms with Crippen molar-refractivity contribution in [3.63, 3.8) is 0 Å². The second kappa shape index (κ2) is 7.95. The Hall–Kier alpha value is -3.53. The highest BCUT2D eigenvalue weighted by Crippen LogP contribution is 2.22. The van der Waals surface area contributed by atoms with Gasteiger partial charge in [-0.2, -0.15) is 5.10 Å². The molecule has 1 aliphatic heterocycles. The van der Waals surface area contributed by atoms with Crippen molar-refractivity contribution in [1.82, 2.24) is 39.4 Å². The molecule has 0 aliphatic carbocycles. The van der Waals surface area contributed by atoms with Gasteiger partial charge < -0.3 is 9.88 Å². The second-order valence-electron chi connectivity index (χ2n) is 7.86. The van der Waals surface area contributed by atoms with Gasteiger partial charge in [-0.1, -0.05) is 0 Å². The van der Waals surface area contributed by atoms with Crippen LogP contribution in [0.2, 0.25) is 0 Å². The first kappa shape index (κ1) is 19.4. The summed E-state index contributed by atoms with van der Waals surface area (Å²) in [6.45, 7) is 8.81. The Balaban J connectivity index is 1.24. The maximum Gasteiger partial charge on any atom is 0.266 e. The van der Waals surface area contributed by atoms with Crippen LogP contribution in [-0.2, 0) is 6.54 Å². The minimum Gasteiger partial charge on any atom is -0.353 e. The lowest BCUT2D eigenvalue weighted by Crippen LogP contribution is -2.48. The average Bonchev–Trinajstić information content (AvgIpc) is 3.39. The summed E-state index contributed by atoms with van der Waals surface area (Å²) in [5.74, 6) is 1.63. The van der Waals surface area contributed by atoms with E-state index in [-0.39, 0.29) is 5.56 Å². The number of aromatic nitrogens is 7. The molecule has 31 heavy (non-hydrogen) atoms. The van der Waals surface area contributed by atoms with Crippen LogP contribution in [0.4, 0.5) is 5.82 Å². The predicted molar refractivity (Wildman–Crippen MR) is 118 cm³/mol. The van der Waals surface area contributed by atoms with E-state index in [1.165, 1.54) is 4.68 Å². The number of hydrogen-bond acceptors (Lipinski definition) is 7. The van der Waals surface area contributed by atoms with E-state index in [0.29, 0.717) is 12.4 Å². The number of aryl methyl sites for hydroxylation is 2. The van der Waals surface area contributed by atoms with Crippen molar-refractivity contribution in [3.8, 4) is 5.82 Å². The third kappa shape index (κ3) is 3.81. The molecule has 1 saturated heterocycles. The van der Waals surface area contributed by atoms with Crippen molar-refractivity contribution < 1.29 is 0 Å². The van der Waals surface area contributed by atoms with Crippen LogP contribution >= 0.6 is 0 Å². The molecule has 0 amide bonds. The molecule has 1 aliphatic rings. The van der Waals surface area contributed by atoms with E-state index < -0.39 is 0 Å². The van der Waals surface area contributed by atoms with Crippen molar-refractivity contribution in [3.05, 3.63) is 58.5 Å². The molecule has 0 unspecified atom stereocenters. The number of nitrogens with one attached hydrogen (secondary N) is 1. The van der Waals surface area contributed by atoms with Gasteiger partial charge in [-0.15, -0.1) is 5.10 Å². The Morgan fingerprint density at radius 3 is 2.61 bits per heavy atom. The second-order valence-corrected chi connectivity index (χ2v) is 7.86. The zero-order valence-electron chi connectivity index (χ0n) is 17.7. The number of anilines is 1. The summed E-state index contributed by atoms with van der Waals surface area (Å²) >= 11 is 0. The van der Waals surface area contributed by atoms with Crippen LogP contribution in [0, 0.1) is 13.8 Å². The summed E-state index contributed by atoms with van der Waals surface area (Å²) in [5.41, 5.74) is 2.68. The molecule has 0 saturated carbocycles. The third-order valence-electron chi connectivity index (χ3n) is 5.71. The van der Waals surface area contributed by atoms with Crippen molar-refractivity contribution in [2.75, 3.05) is 37.6 Å². The van der Waals surface area contributed by atoms with Gasteiger partial charge in [0.05, 0.1) is 17.6 Å². The molecule has 0 spiro atoms. The summed E-state index contributed by atoms with van der Waals surface area (Å²) in [7, 11) is 0. The van der Waals surface area contributed by atoms with Crippen LogP contribution in [-0.4, -0.2) is 72.1 Å². The van der Waals surface area contributed by atoms with E-state index in [1.807, 2.05) is 32.2 Å². The van der Waals surface area contributed by atoms with Crippen molar-refractivity contribution in [2.45, 2.75) is 20.4 Å². The summed E-state index contributed by atoms with van der Waals surface area (Å²) in [6.07, 6.45) is 3.50. The minimum atomic E-state index is -0.0975. The molecule has 5 heterocycles. The van der Waals surface area contributed by atoms with Gasteiger partial charge in [-0.25, -0.2) is 19.3 Å². The lowest BCUT2D eigenvalue weighted by molar-refractivity contribution is 0.242. The SMILES string of the molecule is Cc1cc(C)n(-c2ccc(=O)n(CCN3CCN(c4ncnc5[nH]ccc45)CC3)n2)n1. The fourth-order valence-corrected chi connectivity index (χ4v) is 4.10. The molecular weight excluding hydrogens is 394 g/mol. The first-order valence-electron chi connectivity index (χ1n) is 10.5. The number of aromatic amines is 1. The number of nitrogens with zero attached hydrogens (tertiary/aromatic N) is 8. The van der Waals surface area contributed by atoms with E-state index in [2.05, 4.69) is 34.9 Å². The lowest BCUT2D eigenvalue weighted by atomic mass is 10.2. The zero-order chi connectivity index (χ0) is 21.4. The van der Waals surface area contributed by atoms with Crippen molar-refractivity contribution >= 4 is 16.9 Å². The highest BCUT2D eigenvalue weighted by atomic mass is 16.1. The zero-order valence-corrected chi connectivity index (χ0v) is 17.7. The fourth-order valence-electron chi connectivity index (χ4n) is 4.10. The third-order valence-corrected chi connectivity index (χ3v) is 5.71. The molecule has 0 aromatic carbocycles. The van der Waals surface area contributed by atoms with Crippen LogP contribution in [0.15, 0.2) is 41.6 Å². The topological polar surface area (TPSA) is 101 Å². The summed E-state index contributed by atoms with van der Waals surface area (Å²) in [6, 6.07) is 7.30. The van der Waals surface area contributed by atoms with Crippen LogP contribution in [0.25, 0.3) is 16.9 Å². The van der Waals surface area contributed by atoms with Crippen LogP contribution in [0.1, 0.15) is 11.4 Å². The largest absolute Gasteiger partial charge is 0.353 e. The monoisotopic (exact) mass is 419 g/mol. The minimum absolute atomic E-state index is 0.0975. The number of fused-ring (bicyclic) bond motifs is 1. The Labute approximate surface area is 179 Å². The van der Waals surface area contributed by atoms with E-state index in [9.17, 15) is 4.79 Å². The molecule has 5 rings (SSSR count). The number of H-pyrrole nitrogens is 1. The van der Waals surface area contributed by atoms with Gasteiger partial charge in [0.2, 0.25) is 0 Å². The van der Waals surface area contributed by atoms with E-state index in [1.54, 1.807) is 23.1 Å². The summed E-state index contributed by atoms with van der Waals surface area (Å²) in [5, 5.41) is 10.1. The predicted octanol–water partition coefficient (Wildman–Crippen LogP) is 1.14. The highest BCUT2D eigenvalue weighted by Gasteiger charge is 2.20. The normalized spacial score (nSPS) is 15.1. The van der Waals surface area contributed by atoms with Crippen LogP contribution in [0.5, 0.6) is 0 Å². The molecule has 160 valence electrons.